The summed E-state index contributed by atoms with van der Waals surface area (Å²) in [6, 6.07) is -0.655. The van der Waals surface area contributed by atoms with Gasteiger partial charge >= 0.3 is 0 Å². The van der Waals surface area contributed by atoms with Crippen LogP contribution >= 0.6 is 0 Å². The molecule has 0 aromatic carbocycles. The first kappa shape index (κ1) is 24.9. The molecule has 1 unspecified atom stereocenters. The predicted octanol–water partition coefficient (Wildman–Crippen LogP) is 5.45. The fourth-order valence-corrected chi connectivity index (χ4v) is 3.93. The van der Waals surface area contributed by atoms with Gasteiger partial charge in [-0.25, -0.2) is 0 Å². The van der Waals surface area contributed by atoms with Gasteiger partial charge in [-0.2, -0.15) is 0 Å². The topological polar surface area (TPSA) is 72.2 Å². The highest BCUT2D eigenvalue weighted by atomic mass is 16.2. The minimum atomic E-state index is -0.655. The van der Waals surface area contributed by atoms with Crippen LogP contribution in [0.2, 0.25) is 0 Å². The van der Waals surface area contributed by atoms with Gasteiger partial charge in [0.05, 0.1) is 6.04 Å². The van der Waals surface area contributed by atoms with Crippen molar-refractivity contribution in [1.82, 2.24) is 5.32 Å². The molecule has 1 saturated heterocycles. The maximum absolute atomic E-state index is 12.4. The van der Waals surface area contributed by atoms with Gasteiger partial charge < -0.3 is 11.1 Å². The number of unbranched alkanes of at least 4 members (excludes halogenated alkanes) is 11. The van der Waals surface area contributed by atoms with Crippen LogP contribution in [0.5, 0.6) is 0 Å². The van der Waals surface area contributed by atoms with Crippen LogP contribution < -0.4 is 11.1 Å². The van der Waals surface area contributed by atoms with Crippen LogP contribution in [0.1, 0.15) is 110 Å². The van der Waals surface area contributed by atoms with Crippen LogP contribution in [0.25, 0.3) is 0 Å². The number of hydrogen-bond acceptors (Lipinski definition) is 3. The zero-order valence-electron chi connectivity index (χ0n) is 18.2. The Labute approximate surface area is 173 Å². The Morgan fingerprint density at radius 1 is 0.964 bits per heavy atom. The molecule has 1 rings (SSSR count). The highest BCUT2D eigenvalue weighted by Crippen LogP contribution is 2.18. The van der Waals surface area contributed by atoms with E-state index in [-0.39, 0.29) is 17.6 Å². The molecule has 0 aromatic heterocycles. The van der Waals surface area contributed by atoms with Gasteiger partial charge in [-0.15, -0.1) is 0 Å². The van der Waals surface area contributed by atoms with Gasteiger partial charge in [0.2, 0.25) is 5.91 Å². The Bertz CT molecular complexity index is 448. The van der Waals surface area contributed by atoms with Crippen LogP contribution in [0, 0.1) is 5.92 Å². The second-order valence-corrected chi connectivity index (χ2v) is 8.37. The molecule has 1 aliphatic heterocycles. The molecule has 1 amide bonds. The number of carbonyl (C=O) groups excluding carboxylic acids is 2. The molecule has 4 nitrogen and oxygen atoms in total. The van der Waals surface area contributed by atoms with E-state index in [4.69, 9.17) is 5.73 Å². The van der Waals surface area contributed by atoms with Crippen molar-refractivity contribution in [2.24, 2.45) is 11.7 Å². The van der Waals surface area contributed by atoms with Crippen molar-refractivity contribution in [2.75, 3.05) is 6.54 Å². The number of amides is 1. The number of hydrogen-bond donors (Lipinski definition) is 2. The largest absolute Gasteiger partial charge is 0.355 e. The fraction of sp³-hybridized carbons (Fsp3) is 0.833. The van der Waals surface area contributed by atoms with Gasteiger partial charge in [-0.3, -0.25) is 9.59 Å². The Morgan fingerprint density at radius 3 is 2.18 bits per heavy atom. The quantitative estimate of drug-likeness (QED) is 0.271. The summed E-state index contributed by atoms with van der Waals surface area (Å²) in [5, 5.41) is 2.78. The smallest absolute Gasteiger partial charge is 0.237 e. The molecule has 0 saturated carbocycles. The van der Waals surface area contributed by atoms with Crippen molar-refractivity contribution in [1.29, 1.82) is 0 Å². The monoisotopic (exact) mass is 392 g/mol. The van der Waals surface area contributed by atoms with Crippen molar-refractivity contribution >= 4 is 11.7 Å². The van der Waals surface area contributed by atoms with Crippen molar-refractivity contribution in [3.8, 4) is 0 Å². The predicted molar refractivity (Wildman–Crippen MR) is 118 cm³/mol. The lowest BCUT2D eigenvalue weighted by atomic mass is 9.89. The molecule has 3 N–H and O–H groups in total. The molecule has 2 atom stereocenters. The van der Waals surface area contributed by atoms with Gasteiger partial charge in [0, 0.05) is 18.9 Å². The normalized spacial score (nSPS) is 20.3. The Hall–Kier alpha value is -1.16. The lowest BCUT2D eigenvalue weighted by Crippen LogP contribution is -2.45. The molecule has 28 heavy (non-hydrogen) atoms. The van der Waals surface area contributed by atoms with E-state index in [9.17, 15) is 9.59 Å². The van der Waals surface area contributed by atoms with E-state index in [0.717, 1.165) is 25.7 Å². The van der Waals surface area contributed by atoms with Crippen LogP contribution in [-0.2, 0) is 9.59 Å². The number of carbonyl (C=O) groups is 2. The van der Waals surface area contributed by atoms with Crippen LogP contribution in [0.4, 0.5) is 0 Å². The number of nitrogens with two attached hydrogens (primary N) is 1. The van der Waals surface area contributed by atoms with Gasteiger partial charge in [-0.05, 0) is 44.9 Å². The summed E-state index contributed by atoms with van der Waals surface area (Å²) in [4.78, 5) is 24.1. The summed E-state index contributed by atoms with van der Waals surface area (Å²) in [5.41, 5.74) is 5.94. The van der Waals surface area contributed by atoms with Crippen molar-refractivity contribution < 1.29 is 9.59 Å². The average molecular weight is 393 g/mol. The Balaban J connectivity index is 1.94. The average Bonchev–Trinajstić information content (AvgIpc) is 2.86. The van der Waals surface area contributed by atoms with E-state index in [1.165, 1.54) is 70.6 Å². The third-order valence-electron chi connectivity index (χ3n) is 5.83. The van der Waals surface area contributed by atoms with Crippen molar-refractivity contribution in [3.05, 3.63) is 12.2 Å². The fourth-order valence-electron chi connectivity index (χ4n) is 3.93. The van der Waals surface area contributed by atoms with E-state index in [1.807, 2.05) is 0 Å². The lowest BCUT2D eigenvalue weighted by molar-refractivity contribution is -0.129. The number of nitrogens with one attached hydrogen (secondary N) is 1. The molecule has 1 fully saturated rings. The minimum Gasteiger partial charge on any atom is -0.355 e. The zero-order chi connectivity index (χ0) is 20.5. The lowest BCUT2D eigenvalue weighted by Gasteiger charge is -2.18. The summed E-state index contributed by atoms with van der Waals surface area (Å²) in [7, 11) is 0. The molecule has 162 valence electrons. The van der Waals surface area contributed by atoms with Crippen LogP contribution in [-0.4, -0.2) is 24.3 Å². The first-order valence-electron chi connectivity index (χ1n) is 11.9. The first-order valence-corrected chi connectivity index (χ1v) is 11.9. The van der Waals surface area contributed by atoms with Gasteiger partial charge in [-0.1, -0.05) is 70.4 Å². The summed E-state index contributed by atoms with van der Waals surface area (Å²) in [6.45, 7) is 2.90. The maximum atomic E-state index is 12.4. The number of rotatable bonds is 16. The van der Waals surface area contributed by atoms with Gasteiger partial charge in [0.25, 0.3) is 0 Å². The summed E-state index contributed by atoms with van der Waals surface area (Å²) in [5.74, 6) is -0.262. The molecule has 0 aliphatic carbocycles. The Kier molecular flexibility index (Phi) is 14.9. The van der Waals surface area contributed by atoms with E-state index in [2.05, 4.69) is 24.4 Å². The molecule has 4 heteroatoms. The standard InChI is InChI=1S/C24H44N2O2/c1-2-3-4-5-6-7-8-9-10-11-12-13-14-15-16-19-22(27)21-18-17-20-26-24(28)23(21)25/h9-10,21,23H,2-8,11-20,25H2,1H3,(H,26,28)/t21?,23-/m0/s1. The molecule has 1 heterocycles. The third-order valence-corrected chi connectivity index (χ3v) is 5.83. The van der Waals surface area contributed by atoms with E-state index < -0.39 is 6.04 Å². The number of allylic oxidation sites excluding steroid dienone is 2. The second-order valence-electron chi connectivity index (χ2n) is 8.37. The molecule has 0 spiro atoms. The SMILES string of the molecule is CCCCCCCCC=CCCCCCCCC(=O)C1CCCNC(=O)[C@H]1N. The van der Waals surface area contributed by atoms with Gasteiger partial charge in [0.1, 0.15) is 5.78 Å². The maximum Gasteiger partial charge on any atom is 0.237 e. The second kappa shape index (κ2) is 16.8. The summed E-state index contributed by atoms with van der Waals surface area (Å²) in [6.07, 6.45) is 23.2. The molecular formula is C24H44N2O2. The summed E-state index contributed by atoms with van der Waals surface area (Å²) < 4.78 is 0. The molecule has 0 bridgehead atoms. The molecular weight excluding hydrogens is 348 g/mol. The highest BCUT2D eigenvalue weighted by Gasteiger charge is 2.31. The summed E-state index contributed by atoms with van der Waals surface area (Å²) >= 11 is 0. The Morgan fingerprint density at radius 2 is 1.54 bits per heavy atom. The highest BCUT2D eigenvalue weighted by molar-refractivity contribution is 5.91. The minimum absolute atomic E-state index is 0.166. The third kappa shape index (κ3) is 11.6. The molecule has 0 aromatic rings. The van der Waals surface area contributed by atoms with E-state index in [1.54, 1.807) is 0 Å². The van der Waals surface area contributed by atoms with E-state index >= 15 is 0 Å². The van der Waals surface area contributed by atoms with Crippen molar-refractivity contribution in [3.63, 3.8) is 0 Å². The van der Waals surface area contributed by atoms with Crippen LogP contribution in [0.15, 0.2) is 12.2 Å². The van der Waals surface area contributed by atoms with Crippen molar-refractivity contribution in [2.45, 2.75) is 116 Å². The zero-order valence-corrected chi connectivity index (χ0v) is 18.2. The van der Waals surface area contributed by atoms with E-state index in [0.29, 0.717) is 13.0 Å². The molecule has 1 aliphatic rings. The number of Topliss-reactive ketones (excluding diaryl/α,β-unsaturated/α-hetero) is 1. The number of ketones is 1. The first-order chi connectivity index (χ1) is 13.7. The van der Waals surface area contributed by atoms with Gasteiger partial charge in [0.15, 0.2) is 0 Å². The van der Waals surface area contributed by atoms with Crippen LogP contribution in [0.3, 0.4) is 0 Å². The molecule has 0 radical (unpaired) electrons.